The molecule has 4 saturated heterocycles. The van der Waals surface area contributed by atoms with E-state index in [0.29, 0.717) is 35.1 Å². The number of imide groups is 1. The third-order valence-corrected chi connectivity index (χ3v) is 13.7. The first-order chi connectivity index (χ1) is 30.1. The summed E-state index contributed by atoms with van der Waals surface area (Å²) in [5.74, 6) is 7.03. The number of piperidine rings is 2. The van der Waals surface area contributed by atoms with Gasteiger partial charge in [0.05, 0.1) is 53.3 Å². The molecule has 1 saturated carbocycles. The number of imidazole rings is 1. The summed E-state index contributed by atoms with van der Waals surface area (Å²) in [6.07, 6.45) is 9.82. The maximum atomic E-state index is 14.3. The van der Waals surface area contributed by atoms with Crippen LogP contribution in [-0.4, -0.2) is 101 Å². The fourth-order valence-electron chi connectivity index (χ4n) is 10.3. The number of alkyl halides is 2. The van der Waals surface area contributed by atoms with Crippen molar-refractivity contribution >= 4 is 45.9 Å². The second-order valence-corrected chi connectivity index (χ2v) is 17.5. The summed E-state index contributed by atoms with van der Waals surface area (Å²) in [6.45, 7) is 4.35. The number of fused-ring (bicyclic) bond motifs is 4. The topological polar surface area (TPSA) is 166 Å². The molecule has 18 heteroatoms. The number of carbonyl (C=O) groups is 3. The Morgan fingerprint density at radius 2 is 1.85 bits per heavy atom. The molecule has 62 heavy (non-hydrogen) atoms. The molecule has 2 unspecified atom stereocenters. The number of anilines is 2. The Balaban J connectivity index is 0.718. The predicted molar refractivity (Wildman–Crippen MR) is 224 cm³/mol. The molecule has 16 nitrogen and oxygen atoms in total. The van der Waals surface area contributed by atoms with E-state index in [1.54, 1.807) is 24.1 Å². The van der Waals surface area contributed by atoms with E-state index >= 15 is 0 Å². The van der Waals surface area contributed by atoms with E-state index < -0.39 is 30.0 Å². The number of nitrogens with zero attached hydrogens (tertiary/aromatic N) is 9. The highest BCUT2D eigenvalue weighted by atomic mass is 19.3. The second kappa shape index (κ2) is 16.4. The highest BCUT2D eigenvalue weighted by Gasteiger charge is 2.40. The number of aromatic nitrogens is 7. The fraction of sp³-hybridized carbons (Fsp3) is 0.523. The first-order valence-corrected chi connectivity index (χ1v) is 21.7. The van der Waals surface area contributed by atoms with Gasteiger partial charge < -0.3 is 19.9 Å². The monoisotopic (exact) mass is 849 g/mol. The molecule has 4 aliphatic heterocycles. The van der Waals surface area contributed by atoms with Gasteiger partial charge in [0.1, 0.15) is 17.4 Å². The molecule has 2 bridgehead atoms. The maximum Gasteiger partial charge on any atom is 0.329 e. The SMILES string of the molecule is Cn1c(=O)n(C2CCC(=O)NC2=O)c2cccc(C#CCC3CCN(CC4CCC(n5cc(NC(=O)c6cnn7ccc(N8C[C@H]9CC8CO9)nc67)c(C(F)F)n5)CC4)CC3)c21. The molecule has 3 amide bonds. The number of rotatable bonds is 9. The normalized spacial score (nSPS) is 24.6. The van der Waals surface area contributed by atoms with Gasteiger partial charge in [0.2, 0.25) is 11.8 Å². The molecule has 3 atom stereocenters. The summed E-state index contributed by atoms with van der Waals surface area (Å²) in [4.78, 5) is 60.6. The number of morpholine rings is 1. The molecule has 324 valence electrons. The Morgan fingerprint density at radius 1 is 1.03 bits per heavy atom. The molecular formula is C44H49F2N11O5. The van der Waals surface area contributed by atoms with E-state index in [2.05, 4.69) is 42.5 Å². The van der Waals surface area contributed by atoms with Crippen LogP contribution in [0.2, 0.25) is 0 Å². The lowest BCUT2D eigenvalue weighted by atomic mass is 9.85. The minimum atomic E-state index is -2.86. The molecule has 1 aliphatic carbocycles. The summed E-state index contributed by atoms with van der Waals surface area (Å²) >= 11 is 0. The van der Waals surface area contributed by atoms with Gasteiger partial charge in [-0.3, -0.25) is 33.5 Å². The van der Waals surface area contributed by atoms with Crippen LogP contribution in [0.15, 0.2) is 47.7 Å². The summed E-state index contributed by atoms with van der Waals surface area (Å²) in [7, 11) is 1.69. The van der Waals surface area contributed by atoms with Gasteiger partial charge >= 0.3 is 5.69 Å². The van der Waals surface area contributed by atoms with Crippen molar-refractivity contribution in [2.24, 2.45) is 18.9 Å². The second-order valence-electron chi connectivity index (χ2n) is 17.5. The molecule has 5 fully saturated rings. The van der Waals surface area contributed by atoms with Crippen LogP contribution in [0, 0.1) is 23.7 Å². The van der Waals surface area contributed by atoms with Gasteiger partial charge in [-0.25, -0.2) is 23.1 Å². The van der Waals surface area contributed by atoms with Crippen LogP contribution in [0.3, 0.4) is 0 Å². The van der Waals surface area contributed by atoms with Crippen molar-refractivity contribution in [3.8, 4) is 11.8 Å². The van der Waals surface area contributed by atoms with Crippen LogP contribution < -0.4 is 21.2 Å². The Kier molecular flexibility index (Phi) is 10.6. The molecule has 0 spiro atoms. The number of aryl methyl sites for hydroxylation is 1. The third-order valence-electron chi connectivity index (χ3n) is 13.7. The van der Waals surface area contributed by atoms with Gasteiger partial charge in [-0.2, -0.15) is 10.2 Å². The lowest BCUT2D eigenvalue weighted by Gasteiger charge is -2.36. The first kappa shape index (κ1) is 40.2. The zero-order valence-corrected chi connectivity index (χ0v) is 34.5. The number of carbonyl (C=O) groups excluding carboxylic acids is 3. The molecule has 5 aromatic rings. The minimum Gasteiger partial charge on any atom is -0.374 e. The van der Waals surface area contributed by atoms with E-state index in [9.17, 15) is 28.0 Å². The summed E-state index contributed by atoms with van der Waals surface area (Å²) in [5.41, 5.74) is 1.83. The molecule has 10 rings (SSSR count). The van der Waals surface area contributed by atoms with E-state index in [1.165, 1.54) is 19.8 Å². The van der Waals surface area contributed by atoms with Crippen molar-refractivity contribution in [3.05, 3.63) is 70.2 Å². The van der Waals surface area contributed by atoms with Crippen LogP contribution in [0.1, 0.15) is 104 Å². The number of hydrogen-bond donors (Lipinski definition) is 2. The zero-order chi connectivity index (χ0) is 42.6. The van der Waals surface area contributed by atoms with Crippen molar-refractivity contribution in [3.63, 3.8) is 0 Å². The van der Waals surface area contributed by atoms with Crippen molar-refractivity contribution in [2.75, 3.05) is 43.0 Å². The number of hydrogen-bond acceptors (Lipinski definition) is 10. The van der Waals surface area contributed by atoms with Gasteiger partial charge in [0.25, 0.3) is 12.3 Å². The first-order valence-electron chi connectivity index (χ1n) is 21.7. The van der Waals surface area contributed by atoms with Crippen molar-refractivity contribution in [1.29, 1.82) is 0 Å². The van der Waals surface area contributed by atoms with Crippen molar-refractivity contribution in [1.82, 2.24) is 43.7 Å². The van der Waals surface area contributed by atoms with Gasteiger partial charge in [0, 0.05) is 45.4 Å². The van der Waals surface area contributed by atoms with E-state index in [-0.39, 0.29) is 53.9 Å². The number of ether oxygens (including phenoxy) is 1. The number of amides is 3. The lowest BCUT2D eigenvalue weighted by Crippen LogP contribution is -2.44. The molecule has 0 radical (unpaired) electrons. The van der Waals surface area contributed by atoms with Crippen LogP contribution in [0.5, 0.6) is 0 Å². The van der Waals surface area contributed by atoms with Gasteiger partial charge in [-0.05, 0) is 94.5 Å². The van der Waals surface area contributed by atoms with Crippen molar-refractivity contribution in [2.45, 2.75) is 94.9 Å². The largest absolute Gasteiger partial charge is 0.374 e. The number of nitrogens with one attached hydrogen (secondary N) is 2. The number of likely N-dealkylation sites (tertiary alicyclic amines) is 1. The smallest absolute Gasteiger partial charge is 0.329 e. The fourth-order valence-corrected chi connectivity index (χ4v) is 10.3. The van der Waals surface area contributed by atoms with E-state index in [1.807, 2.05) is 24.3 Å². The number of para-hydroxylation sites is 1. The zero-order valence-electron chi connectivity index (χ0n) is 34.5. The van der Waals surface area contributed by atoms with Gasteiger partial charge in [0.15, 0.2) is 11.3 Å². The third kappa shape index (κ3) is 7.54. The Labute approximate surface area is 355 Å². The van der Waals surface area contributed by atoms with Gasteiger partial charge in [-0.1, -0.05) is 17.9 Å². The highest BCUT2D eigenvalue weighted by Crippen LogP contribution is 2.37. The average Bonchev–Trinajstić information content (AvgIpc) is 4.12. The molecule has 8 heterocycles. The Hall–Kier alpha value is -5.93. The molecule has 4 aromatic heterocycles. The summed E-state index contributed by atoms with van der Waals surface area (Å²) in [5, 5.41) is 13.6. The molecular weight excluding hydrogens is 801 g/mol. The summed E-state index contributed by atoms with van der Waals surface area (Å²) < 4.78 is 40.5. The van der Waals surface area contributed by atoms with Gasteiger partial charge in [-0.15, -0.1) is 0 Å². The number of benzene rings is 1. The summed E-state index contributed by atoms with van der Waals surface area (Å²) in [6, 6.07) is 6.89. The predicted octanol–water partition coefficient (Wildman–Crippen LogP) is 4.61. The molecule has 2 N–H and O–H groups in total. The van der Waals surface area contributed by atoms with Crippen molar-refractivity contribution < 1.29 is 27.9 Å². The van der Waals surface area contributed by atoms with E-state index in [4.69, 9.17) is 9.72 Å². The van der Waals surface area contributed by atoms with E-state index in [0.717, 1.165) is 88.9 Å². The Morgan fingerprint density at radius 3 is 2.60 bits per heavy atom. The lowest BCUT2D eigenvalue weighted by molar-refractivity contribution is -0.135. The van der Waals surface area contributed by atoms with Crippen LogP contribution in [0.4, 0.5) is 20.3 Å². The highest BCUT2D eigenvalue weighted by molar-refractivity contribution is 6.08. The minimum absolute atomic E-state index is 0.00395. The van der Waals surface area contributed by atoms with Crippen LogP contribution in [-0.2, 0) is 21.4 Å². The molecule has 1 aromatic carbocycles. The standard InChI is InChI=1S/C44H49F2N11O5/c1-52-39-28(6-3-7-34(39)57(44(52)61)35-12-13-37(58)50-43(35)60)5-2-4-26-14-17-53(18-15-26)22-27-8-10-29(11-9-27)56-24-33(38(51-56)40(45)46)48-42(59)32-21-47-55-19-16-36(49-41(32)55)54-23-31-20-30(54)25-62-31/h3,6-7,16,19,21,24,26-27,29-31,35,40H,4,8-15,17-18,20,22-23,25H2,1H3,(H,48,59)(H,50,58,60)/t27?,29?,30?,31-,35?/m1/s1. The Bertz CT molecular complexity index is 2680. The van der Waals surface area contributed by atoms with Crippen LogP contribution >= 0.6 is 0 Å². The average molecular weight is 850 g/mol. The van der Waals surface area contributed by atoms with Crippen LogP contribution in [0.25, 0.3) is 16.7 Å². The quantitative estimate of drug-likeness (QED) is 0.158. The molecule has 5 aliphatic rings. The number of halogens is 2. The maximum absolute atomic E-state index is 14.3.